The van der Waals surface area contributed by atoms with Gasteiger partial charge in [0.25, 0.3) is 0 Å². The Morgan fingerprint density at radius 3 is 2.15 bits per heavy atom. The fourth-order valence-corrected chi connectivity index (χ4v) is 1.06. The van der Waals surface area contributed by atoms with E-state index in [4.69, 9.17) is 4.74 Å². The van der Waals surface area contributed by atoms with E-state index in [-0.39, 0.29) is 0 Å². The van der Waals surface area contributed by atoms with E-state index in [1.807, 2.05) is 0 Å². The number of rotatable bonds is 10. The molecule has 0 aliphatic carbocycles. The maximum atomic E-state index is 4.92. The van der Waals surface area contributed by atoms with E-state index in [0.717, 1.165) is 32.8 Å². The Morgan fingerprint density at radius 1 is 0.923 bits per heavy atom. The molecule has 0 aromatic rings. The van der Waals surface area contributed by atoms with Gasteiger partial charge in [0.15, 0.2) is 0 Å². The van der Waals surface area contributed by atoms with Crippen molar-refractivity contribution in [3.8, 4) is 0 Å². The highest BCUT2D eigenvalue weighted by Gasteiger charge is 1.88. The van der Waals surface area contributed by atoms with Gasteiger partial charge in [-0.3, -0.25) is 0 Å². The molecule has 0 aromatic carbocycles. The number of hydrogen-bond acceptors (Lipinski definition) is 3. The molecule has 0 radical (unpaired) electrons. The molecule has 0 saturated carbocycles. The first-order valence-electron chi connectivity index (χ1n) is 5.32. The zero-order valence-corrected chi connectivity index (χ0v) is 9.07. The van der Waals surface area contributed by atoms with E-state index < -0.39 is 0 Å². The Morgan fingerprint density at radius 2 is 1.54 bits per heavy atom. The zero-order chi connectivity index (χ0) is 9.78. The molecule has 13 heavy (non-hydrogen) atoms. The molecule has 0 rings (SSSR count). The van der Waals surface area contributed by atoms with E-state index >= 15 is 0 Å². The zero-order valence-electron chi connectivity index (χ0n) is 9.07. The lowest BCUT2D eigenvalue weighted by atomic mass is 10.3. The number of nitrogens with one attached hydrogen (secondary N) is 2. The summed E-state index contributed by atoms with van der Waals surface area (Å²) in [6, 6.07) is 0. The van der Waals surface area contributed by atoms with Crippen LogP contribution in [-0.4, -0.2) is 39.9 Å². The average Bonchev–Trinajstić information content (AvgIpc) is 2.16. The second kappa shape index (κ2) is 11.9. The molecule has 0 amide bonds. The minimum absolute atomic E-state index is 0.809. The molecule has 0 spiro atoms. The summed E-state index contributed by atoms with van der Waals surface area (Å²) in [5.41, 5.74) is 0. The quantitative estimate of drug-likeness (QED) is 0.502. The predicted molar refractivity (Wildman–Crippen MR) is 57.1 cm³/mol. The first kappa shape index (κ1) is 12.9. The lowest BCUT2D eigenvalue weighted by Crippen LogP contribution is -2.24. The largest absolute Gasteiger partial charge is 0.383 e. The summed E-state index contributed by atoms with van der Waals surface area (Å²) in [6.07, 6.45) is 3.77. The van der Waals surface area contributed by atoms with Gasteiger partial charge in [0.1, 0.15) is 0 Å². The summed E-state index contributed by atoms with van der Waals surface area (Å²) in [4.78, 5) is 0. The summed E-state index contributed by atoms with van der Waals surface area (Å²) in [6.45, 7) is 7.36. The normalized spacial score (nSPS) is 10.6. The molecule has 0 aromatic heterocycles. The molecule has 3 nitrogen and oxygen atoms in total. The van der Waals surface area contributed by atoms with Gasteiger partial charge in [-0.15, -0.1) is 0 Å². The highest BCUT2D eigenvalue weighted by molar-refractivity contribution is 4.51. The van der Waals surface area contributed by atoms with E-state index in [2.05, 4.69) is 17.6 Å². The molecule has 0 unspecified atom stereocenters. The van der Waals surface area contributed by atoms with Gasteiger partial charge in [-0.2, -0.15) is 0 Å². The van der Waals surface area contributed by atoms with Crippen molar-refractivity contribution in [1.29, 1.82) is 0 Å². The number of unbranched alkanes of at least 4 members (excludes halogenated alkanes) is 1. The van der Waals surface area contributed by atoms with Gasteiger partial charge in [0.05, 0.1) is 6.61 Å². The van der Waals surface area contributed by atoms with Crippen LogP contribution in [0.5, 0.6) is 0 Å². The summed E-state index contributed by atoms with van der Waals surface area (Å²) in [5, 5.41) is 6.72. The van der Waals surface area contributed by atoms with Gasteiger partial charge in [-0.05, 0) is 32.5 Å². The van der Waals surface area contributed by atoms with Crippen molar-refractivity contribution in [2.75, 3.05) is 39.9 Å². The van der Waals surface area contributed by atoms with Gasteiger partial charge in [-0.1, -0.05) is 13.3 Å². The Hall–Kier alpha value is -0.120. The van der Waals surface area contributed by atoms with Crippen LogP contribution in [0.15, 0.2) is 0 Å². The van der Waals surface area contributed by atoms with Crippen molar-refractivity contribution in [2.24, 2.45) is 0 Å². The number of ether oxygens (including phenoxy) is 1. The van der Waals surface area contributed by atoms with Crippen molar-refractivity contribution in [3.63, 3.8) is 0 Å². The minimum Gasteiger partial charge on any atom is -0.383 e. The van der Waals surface area contributed by atoms with Crippen LogP contribution in [0.1, 0.15) is 26.2 Å². The first-order valence-corrected chi connectivity index (χ1v) is 5.32. The summed E-state index contributed by atoms with van der Waals surface area (Å²) in [5.74, 6) is 0. The van der Waals surface area contributed by atoms with Gasteiger partial charge >= 0.3 is 0 Å². The van der Waals surface area contributed by atoms with Crippen molar-refractivity contribution in [1.82, 2.24) is 10.6 Å². The SMILES string of the molecule is CCCCNCCCNCCOC. The lowest BCUT2D eigenvalue weighted by molar-refractivity contribution is 0.199. The monoisotopic (exact) mass is 188 g/mol. The molecule has 0 aliphatic heterocycles. The molecule has 0 fully saturated rings. The topological polar surface area (TPSA) is 33.3 Å². The molecule has 0 bridgehead atoms. The summed E-state index contributed by atoms with van der Waals surface area (Å²) < 4.78 is 4.92. The van der Waals surface area contributed by atoms with E-state index in [0.29, 0.717) is 0 Å². The smallest absolute Gasteiger partial charge is 0.0587 e. The fraction of sp³-hybridized carbons (Fsp3) is 1.00. The van der Waals surface area contributed by atoms with Crippen LogP contribution >= 0.6 is 0 Å². The molecule has 0 saturated heterocycles. The third-order valence-electron chi connectivity index (χ3n) is 1.90. The second-order valence-electron chi connectivity index (χ2n) is 3.20. The molecule has 0 aliphatic rings. The number of hydrogen-bond donors (Lipinski definition) is 2. The predicted octanol–water partition coefficient (Wildman–Crippen LogP) is 1.00. The highest BCUT2D eigenvalue weighted by Crippen LogP contribution is 1.82. The summed E-state index contributed by atoms with van der Waals surface area (Å²) in [7, 11) is 1.73. The molecule has 80 valence electrons. The Kier molecular flexibility index (Phi) is 11.8. The van der Waals surface area contributed by atoms with E-state index in [9.17, 15) is 0 Å². The fourth-order valence-electron chi connectivity index (χ4n) is 1.06. The van der Waals surface area contributed by atoms with Gasteiger partial charge < -0.3 is 15.4 Å². The maximum Gasteiger partial charge on any atom is 0.0587 e. The second-order valence-corrected chi connectivity index (χ2v) is 3.20. The van der Waals surface area contributed by atoms with Crippen LogP contribution in [0, 0.1) is 0 Å². The Bertz CT molecular complexity index is 79.0. The lowest BCUT2D eigenvalue weighted by Gasteiger charge is -2.05. The van der Waals surface area contributed by atoms with Crippen LogP contribution in [0.25, 0.3) is 0 Å². The van der Waals surface area contributed by atoms with Crippen LogP contribution in [-0.2, 0) is 4.74 Å². The van der Waals surface area contributed by atoms with Crippen LogP contribution in [0.2, 0.25) is 0 Å². The molecular formula is C10H24N2O. The number of methoxy groups -OCH3 is 1. The average molecular weight is 188 g/mol. The first-order chi connectivity index (χ1) is 6.41. The van der Waals surface area contributed by atoms with Gasteiger partial charge in [-0.25, -0.2) is 0 Å². The highest BCUT2D eigenvalue weighted by atomic mass is 16.5. The molecular weight excluding hydrogens is 164 g/mol. The Labute approximate surface area is 82.2 Å². The Balaban J connectivity index is 2.76. The summed E-state index contributed by atoms with van der Waals surface area (Å²) >= 11 is 0. The van der Waals surface area contributed by atoms with Gasteiger partial charge in [0, 0.05) is 13.7 Å². The van der Waals surface area contributed by atoms with E-state index in [1.165, 1.54) is 19.3 Å². The van der Waals surface area contributed by atoms with E-state index in [1.54, 1.807) is 7.11 Å². The molecule has 0 heterocycles. The van der Waals surface area contributed by atoms with Gasteiger partial charge in [0.2, 0.25) is 0 Å². The van der Waals surface area contributed by atoms with Crippen LogP contribution in [0.4, 0.5) is 0 Å². The molecule has 0 atom stereocenters. The molecule has 2 N–H and O–H groups in total. The van der Waals surface area contributed by atoms with Crippen molar-refractivity contribution >= 4 is 0 Å². The third-order valence-corrected chi connectivity index (χ3v) is 1.90. The third kappa shape index (κ3) is 11.9. The van der Waals surface area contributed by atoms with Crippen LogP contribution in [0.3, 0.4) is 0 Å². The minimum atomic E-state index is 0.809. The maximum absolute atomic E-state index is 4.92. The standard InChI is InChI=1S/C10H24N2O/c1-3-4-6-11-7-5-8-12-9-10-13-2/h11-12H,3-10H2,1-2H3. The van der Waals surface area contributed by atoms with Crippen molar-refractivity contribution < 1.29 is 4.74 Å². The van der Waals surface area contributed by atoms with Crippen molar-refractivity contribution in [3.05, 3.63) is 0 Å². The van der Waals surface area contributed by atoms with Crippen molar-refractivity contribution in [2.45, 2.75) is 26.2 Å². The van der Waals surface area contributed by atoms with Crippen LogP contribution < -0.4 is 10.6 Å². The molecule has 3 heteroatoms.